The quantitative estimate of drug-likeness (QED) is 0.676. The number of hydrogen-bond donors (Lipinski definition) is 1. The minimum Gasteiger partial charge on any atom is -0.339 e. The van der Waals surface area contributed by atoms with Crippen LogP contribution in [0.1, 0.15) is 47.4 Å². The number of carbonyl (C=O) groups is 3. The van der Waals surface area contributed by atoms with Gasteiger partial charge in [-0.25, -0.2) is 0 Å². The standard InChI is InChI=1S/C23H25Cl2N3O3/c1-3-27(4-2)22(30)15-7-5-8-19(13-15)26-21(29)20-9-6-10-28(20)23(31)16-11-17(24)14-18(25)12-16/h5,7-8,11-14,20H,3-4,6,9-10H2,1-2H3,(H,26,29). The first-order valence-electron chi connectivity index (χ1n) is 10.3. The summed E-state index contributed by atoms with van der Waals surface area (Å²) in [5, 5.41) is 3.59. The maximum absolute atomic E-state index is 13.0. The number of hydrogen-bond acceptors (Lipinski definition) is 3. The van der Waals surface area contributed by atoms with E-state index in [2.05, 4.69) is 5.32 Å². The highest BCUT2D eigenvalue weighted by Gasteiger charge is 2.34. The molecule has 0 radical (unpaired) electrons. The van der Waals surface area contributed by atoms with Crippen LogP contribution in [0.4, 0.5) is 5.69 Å². The van der Waals surface area contributed by atoms with Crippen molar-refractivity contribution in [2.75, 3.05) is 25.0 Å². The molecule has 8 heteroatoms. The monoisotopic (exact) mass is 461 g/mol. The summed E-state index contributed by atoms with van der Waals surface area (Å²) in [5.41, 5.74) is 1.38. The molecule has 0 aliphatic carbocycles. The van der Waals surface area contributed by atoms with Crippen LogP contribution in [0.2, 0.25) is 10.0 Å². The van der Waals surface area contributed by atoms with Gasteiger partial charge in [-0.05, 0) is 63.1 Å². The summed E-state index contributed by atoms with van der Waals surface area (Å²) in [6, 6.07) is 10.9. The first-order valence-corrected chi connectivity index (χ1v) is 11.1. The fourth-order valence-corrected chi connectivity index (χ4v) is 4.30. The molecule has 1 unspecified atom stereocenters. The van der Waals surface area contributed by atoms with E-state index >= 15 is 0 Å². The SMILES string of the molecule is CCN(CC)C(=O)c1cccc(NC(=O)C2CCCN2C(=O)c2cc(Cl)cc(Cl)c2)c1. The normalized spacial score (nSPS) is 15.6. The Morgan fingerprint density at radius 1 is 1.03 bits per heavy atom. The van der Waals surface area contributed by atoms with E-state index in [9.17, 15) is 14.4 Å². The minimum absolute atomic E-state index is 0.0865. The lowest BCUT2D eigenvalue weighted by atomic mass is 10.1. The third-order valence-corrected chi connectivity index (χ3v) is 5.79. The van der Waals surface area contributed by atoms with Crippen molar-refractivity contribution >= 4 is 46.6 Å². The van der Waals surface area contributed by atoms with E-state index in [0.29, 0.717) is 52.9 Å². The van der Waals surface area contributed by atoms with Gasteiger partial charge in [-0.3, -0.25) is 14.4 Å². The minimum atomic E-state index is -0.604. The average molecular weight is 462 g/mol. The van der Waals surface area contributed by atoms with Crippen molar-refractivity contribution in [2.45, 2.75) is 32.7 Å². The number of rotatable bonds is 6. The van der Waals surface area contributed by atoms with Crippen LogP contribution in [-0.2, 0) is 4.79 Å². The Bertz CT molecular complexity index is 972. The van der Waals surface area contributed by atoms with Crippen LogP contribution >= 0.6 is 23.2 Å². The maximum Gasteiger partial charge on any atom is 0.254 e. The molecule has 0 bridgehead atoms. The van der Waals surface area contributed by atoms with Gasteiger partial charge in [-0.15, -0.1) is 0 Å². The van der Waals surface area contributed by atoms with Crippen molar-refractivity contribution in [1.82, 2.24) is 9.80 Å². The number of benzene rings is 2. The summed E-state index contributed by atoms with van der Waals surface area (Å²) < 4.78 is 0. The summed E-state index contributed by atoms with van der Waals surface area (Å²) in [4.78, 5) is 41.8. The summed E-state index contributed by atoms with van der Waals surface area (Å²) in [6.07, 6.45) is 1.28. The Hall–Kier alpha value is -2.57. The van der Waals surface area contributed by atoms with E-state index in [0.717, 1.165) is 6.42 Å². The van der Waals surface area contributed by atoms with Gasteiger partial charge in [0, 0.05) is 46.5 Å². The predicted molar refractivity (Wildman–Crippen MR) is 123 cm³/mol. The summed E-state index contributed by atoms with van der Waals surface area (Å²) in [5.74, 6) is -0.657. The molecular weight excluding hydrogens is 437 g/mol. The number of halogens is 2. The second kappa shape index (κ2) is 10.2. The molecule has 0 saturated carbocycles. The molecule has 0 spiro atoms. The molecule has 1 heterocycles. The summed E-state index contributed by atoms with van der Waals surface area (Å²) >= 11 is 12.1. The largest absolute Gasteiger partial charge is 0.339 e. The molecule has 1 aliphatic heterocycles. The van der Waals surface area contributed by atoms with Gasteiger partial charge in [0.2, 0.25) is 5.91 Å². The summed E-state index contributed by atoms with van der Waals surface area (Å²) in [6.45, 7) is 5.54. The van der Waals surface area contributed by atoms with Gasteiger partial charge in [0.15, 0.2) is 0 Å². The molecular formula is C23H25Cl2N3O3. The molecule has 31 heavy (non-hydrogen) atoms. The molecule has 3 amide bonds. The Morgan fingerprint density at radius 2 is 1.71 bits per heavy atom. The number of amides is 3. The van der Waals surface area contributed by atoms with Crippen LogP contribution in [0.25, 0.3) is 0 Å². The molecule has 0 aromatic heterocycles. The first kappa shape index (κ1) is 23.1. The fraction of sp³-hybridized carbons (Fsp3) is 0.348. The van der Waals surface area contributed by atoms with Crippen molar-refractivity contribution in [2.24, 2.45) is 0 Å². The van der Waals surface area contributed by atoms with E-state index in [1.165, 1.54) is 0 Å². The van der Waals surface area contributed by atoms with Gasteiger partial charge in [0.1, 0.15) is 6.04 Å². The Labute approximate surface area is 192 Å². The molecule has 1 N–H and O–H groups in total. The van der Waals surface area contributed by atoms with Crippen LogP contribution in [0, 0.1) is 0 Å². The van der Waals surface area contributed by atoms with E-state index in [1.54, 1.807) is 52.3 Å². The zero-order chi connectivity index (χ0) is 22.5. The molecule has 1 fully saturated rings. The van der Waals surface area contributed by atoms with E-state index in [-0.39, 0.29) is 17.7 Å². The van der Waals surface area contributed by atoms with Crippen LogP contribution in [-0.4, -0.2) is 53.2 Å². The second-order valence-corrected chi connectivity index (χ2v) is 8.24. The molecule has 164 valence electrons. The van der Waals surface area contributed by atoms with E-state index in [4.69, 9.17) is 23.2 Å². The number of likely N-dealkylation sites (tertiary alicyclic amines) is 1. The number of nitrogens with one attached hydrogen (secondary N) is 1. The topological polar surface area (TPSA) is 69.7 Å². The highest BCUT2D eigenvalue weighted by molar-refractivity contribution is 6.35. The molecule has 1 aliphatic rings. The smallest absolute Gasteiger partial charge is 0.254 e. The van der Waals surface area contributed by atoms with Crippen molar-refractivity contribution in [1.29, 1.82) is 0 Å². The molecule has 1 atom stereocenters. The Morgan fingerprint density at radius 3 is 2.35 bits per heavy atom. The first-order chi connectivity index (χ1) is 14.8. The van der Waals surface area contributed by atoms with Gasteiger partial charge in [0.05, 0.1) is 0 Å². The van der Waals surface area contributed by atoms with Gasteiger partial charge in [-0.1, -0.05) is 29.3 Å². The van der Waals surface area contributed by atoms with E-state index in [1.807, 2.05) is 13.8 Å². The fourth-order valence-electron chi connectivity index (χ4n) is 3.77. The zero-order valence-corrected chi connectivity index (χ0v) is 19.0. The lowest BCUT2D eigenvalue weighted by Crippen LogP contribution is -2.43. The van der Waals surface area contributed by atoms with Crippen LogP contribution in [0.5, 0.6) is 0 Å². The van der Waals surface area contributed by atoms with Gasteiger partial charge >= 0.3 is 0 Å². The van der Waals surface area contributed by atoms with Gasteiger partial charge in [-0.2, -0.15) is 0 Å². The maximum atomic E-state index is 13.0. The lowest BCUT2D eigenvalue weighted by Gasteiger charge is -2.24. The van der Waals surface area contributed by atoms with E-state index < -0.39 is 6.04 Å². The van der Waals surface area contributed by atoms with Gasteiger partial charge in [0.25, 0.3) is 11.8 Å². The van der Waals surface area contributed by atoms with Crippen molar-refractivity contribution < 1.29 is 14.4 Å². The lowest BCUT2D eigenvalue weighted by molar-refractivity contribution is -0.119. The van der Waals surface area contributed by atoms with Crippen LogP contribution in [0.3, 0.4) is 0 Å². The molecule has 6 nitrogen and oxygen atoms in total. The highest BCUT2D eigenvalue weighted by Crippen LogP contribution is 2.25. The second-order valence-electron chi connectivity index (χ2n) is 7.36. The van der Waals surface area contributed by atoms with Crippen LogP contribution in [0.15, 0.2) is 42.5 Å². The number of nitrogens with zero attached hydrogens (tertiary/aromatic N) is 2. The zero-order valence-electron chi connectivity index (χ0n) is 17.5. The number of anilines is 1. The van der Waals surface area contributed by atoms with Gasteiger partial charge < -0.3 is 15.1 Å². The highest BCUT2D eigenvalue weighted by atomic mass is 35.5. The third kappa shape index (κ3) is 5.38. The molecule has 2 aromatic carbocycles. The molecule has 3 rings (SSSR count). The number of carbonyl (C=O) groups excluding carboxylic acids is 3. The predicted octanol–water partition coefficient (Wildman–Crippen LogP) is 4.72. The third-order valence-electron chi connectivity index (χ3n) is 5.35. The summed E-state index contributed by atoms with van der Waals surface area (Å²) in [7, 11) is 0. The van der Waals surface area contributed by atoms with Crippen molar-refractivity contribution in [3.05, 3.63) is 63.6 Å². The average Bonchev–Trinajstić information content (AvgIpc) is 3.23. The molecule has 2 aromatic rings. The van der Waals surface area contributed by atoms with Crippen LogP contribution < -0.4 is 5.32 Å². The Balaban J connectivity index is 1.75. The van der Waals surface area contributed by atoms with Crippen molar-refractivity contribution in [3.8, 4) is 0 Å². The van der Waals surface area contributed by atoms with Crippen molar-refractivity contribution in [3.63, 3.8) is 0 Å². The molecule has 1 saturated heterocycles. The Kier molecular flexibility index (Phi) is 7.57.